The minimum atomic E-state index is -0.191. The third-order valence-corrected chi connectivity index (χ3v) is 3.41. The van der Waals surface area contributed by atoms with Gasteiger partial charge in [0.15, 0.2) is 0 Å². The Kier molecular flexibility index (Phi) is 5.21. The van der Waals surface area contributed by atoms with Crippen LogP contribution in [-0.4, -0.2) is 36.7 Å². The summed E-state index contributed by atoms with van der Waals surface area (Å²) >= 11 is 0. The van der Waals surface area contributed by atoms with Crippen LogP contribution in [0.25, 0.3) is 0 Å². The van der Waals surface area contributed by atoms with E-state index in [1.165, 1.54) is 0 Å². The monoisotopic (exact) mass is 262 g/mol. The molecule has 1 unspecified atom stereocenters. The molecule has 4 heteroatoms. The van der Waals surface area contributed by atoms with Gasteiger partial charge in [0.05, 0.1) is 0 Å². The van der Waals surface area contributed by atoms with Gasteiger partial charge in [0.1, 0.15) is 6.61 Å². The molecule has 1 atom stereocenters. The molecule has 1 aliphatic rings. The van der Waals surface area contributed by atoms with Crippen LogP contribution in [0.2, 0.25) is 0 Å². The Bertz CT molecular complexity index is 392. The van der Waals surface area contributed by atoms with Crippen molar-refractivity contribution in [1.29, 1.82) is 0 Å². The zero-order chi connectivity index (χ0) is 13.5. The first-order valence-corrected chi connectivity index (χ1v) is 6.99. The largest absolute Gasteiger partial charge is 0.445 e. The Balaban J connectivity index is 1.87. The third kappa shape index (κ3) is 3.96. The summed E-state index contributed by atoms with van der Waals surface area (Å²) in [7, 11) is 0. The van der Waals surface area contributed by atoms with E-state index < -0.39 is 0 Å². The van der Waals surface area contributed by atoms with Crippen molar-refractivity contribution in [2.75, 3.05) is 19.6 Å². The molecule has 1 N–H and O–H groups in total. The molecule has 1 fully saturated rings. The Hall–Kier alpha value is -1.55. The quantitative estimate of drug-likeness (QED) is 0.906. The van der Waals surface area contributed by atoms with Crippen LogP contribution in [0.3, 0.4) is 0 Å². The minimum absolute atomic E-state index is 0.191. The van der Waals surface area contributed by atoms with Crippen LogP contribution in [0.1, 0.15) is 25.3 Å². The van der Waals surface area contributed by atoms with E-state index in [0.717, 1.165) is 38.0 Å². The highest BCUT2D eigenvalue weighted by Crippen LogP contribution is 2.12. The number of benzene rings is 1. The maximum Gasteiger partial charge on any atom is 0.410 e. The summed E-state index contributed by atoms with van der Waals surface area (Å²) in [6, 6.07) is 10.1. The first-order valence-electron chi connectivity index (χ1n) is 6.99. The van der Waals surface area contributed by atoms with Crippen molar-refractivity contribution in [3.05, 3.63) is 35.9 Å². The van der Waals surface area contributed by atoms with E-state index in [9.17, 15) is 4.79 Å². The molecule has 1 amide bonds. The number of hydrogen-bond acceptors (Lipinski definition) is 3. The van der Waals surface area contributed by atoms with Crippen molar-refractivity contribution < 1.29 is 9.53 Å². The predicted octanol–water partition coefficient (Wildman–Crippen LogP) is 2.40. The topological polar surface area (TPSA) is 41.6 Å². The maximum atomic E-state index is 12.1. The lowest BCUT2D eigenvalue weighted by atomic mass is 10.1. The fourth-order valence-corrected chi connectivity index (χ4v) is 2.39. The van der Waals surface area contributed by atoms with Gasteiger partial charge < -0.3 is 15.0 Å². The van der Waals surface area contributed by atoms with Crippen LogP contribution in [0.15, 0.2) is 30.3 Å². The molecule has 0 aromatic heterocycles. The van der Waals surface area contributed by atoms with Gasteiger partial charge in [-0.2, -0.15) is 0 Å². The summed E-state index contributed by atoms with van der Waals surface area (Å²) in [6.07, 6.45) is 1.91. The maximum absolute atomic E-state index is 12.1. The second kappa shape index (κ2) is 7.14. The van der Waals surface area contributed by atoms with Gasteiger partial charge in [-0.3, -0.25) is 0 Å². The molecule has 4 nitrogen and oxygen atoms in total. The fraction of sp³-hybridized carbons (Fsp3) is 0.533. The first kappa shape index (κ1) is 13.9. The number of piperazine rings is 1. The molecule has 19 heavy (non-hydrogen) atoms. The molecule has 1 heterocycles. The van der Waals surface area contributed by atoms with Gasteiger partial charge in [0.25, 0.3) is 0 Å². The minimum Gasteiger partial charge on any atom is -0.445 e. The number of rotatable bonds is 4. The van der Waals surface area contributed by atoms with Crippen molar-refractivity contribution in [3.8, 4) is 0 Å². The summed E-state index contributed by atoms with van der Waals surface area (Å²) in [6.45, 7) is 4.94. The van der Waals surface area contributed by atoms with E-state index in [-0.39, 0.29) is 12.1 Å². The molecule has 1 aliphatic heterocycles. The highest BCUT2D eigenvalue weighted by Gasteiger charge is 2.26. The van der Waals surface area contributed by atoms with Crippen molar-refractivity contribution in [2.24, 2.45) is 0 Å². The van der Waals surface area contributed by atoms with E-state index in [1.807, 2.05) is 35.2 Å². The molecule has 1 aromatic rings. The van der Waals surface area contributed by atoms with Gasteiger partial charge in [-0.05, 0) is 12.0 Å². The van der Waals surface area contributed by atoms with E-state index in [1.54, 1.807) is 0 Å². The number of carbonyl (C=O) groups is 1. The second-order valence-corrected chi connectivity index (χ2v) is 4.88. The Morgan fingerprint density at radius 2 is 2.21 bits per heavy atom. The standard InChI is InChI=1S/C15H22N2O2/c1-2-6-14-11-16-9-10-17(14)15(18)19-12-13-7-4-3-5-8-13/h3-5,7-8,14,16H,2,6,9-12H2,1H3. The van der Waals surface area contributed by atoms with Crippen molar-refractivity contribution >= 4 is 6.09 Å². The molecule has 0 saturated carbocycles. The number of nitrogens with one attached hydrogen (secondary N) is 1. The molecule has 0 aliphatic carbocycles. The Morgan fingerprint density at radius 3 is 2.95 bits per heavy atom. The lowest BCUT2D eigenvalue weighted by molar-refractivity contribution is 0.0701. The van der Waals surface area contributed by atoms with Crippen LogP contribution in [0.5, 0.6) is 0 Å². The molecular weight excluding hydrogens is 240 g/mol. The highest BCUT2D eigenvalue weighted by atomic mass is 16.6. The van der Waals surface area contributed by atoms with Crippen LogP contribution in [-0.2, 0) is 11.3 Å². The van der Waals surface area contributed by atoms with E-state index in [0.29, 0.717) is 6.61 Å². The average molecular weight is 262 g/mol. The van der Waals surface area contributed by atoms with Gasteiger partial charge in [0, 0.05) is 25.7 Å². The fourth-order valence-electron chi connectivity index (χ4n) is 2.39. The predicted molar refractivity (Wildman–Crippen MR) is 74.9 cm³/mol. The molecule has 104 valence electrons. The molecule has 0 spiro atoms. The molecule has 2 rings (SSSR count). The molecule has 1 aromatic carbocycles. The second-order valence-electron chi connectivity index (χ2n) is 4.88. The molecular formula is C15H22N2O2. The van der Waals surface area contributed by atoms with Crippen LogP contribution >= 0.6 is 0 Å². The number of amides is 1. The lowest BCUT2D eigenvalue weighted by Crippen LogP contribution is -2.53. The molecule has 1 saturated heterocycles. The van der Waals surface area contributed by atoms with Crippen molar-refractivity contribution in [2.45, 2.75) is 32.4 Å². The summed E-state index contributed by atoms with van der Waals surface area (Å²) in [5, 5.41) is 3.33. The van der Waals surface area contributed by atoms with Crippen LogP contribution in [0, 0.1) is 0 Å². The summed E-state index contributed by atoms with van der Waals surface area (Å²) in [5.74, 6) is 0. The smallest absolute Gasteiger partial charge is 0.410 e. The van der Waals surface area contributed by atoms with Crippen LogP contribution in [0.4, 0.5) is 4.79 Å². The van der Waals surface area contributed by atoms with E-state index in [2.05, 4.69) is 12.2 Å². The number of hydrogen-bond donors (Lipinski definition) is 1. The SMILES string of the molecule is CCCC1CNCCN1C(=O)OCc1ccccc1. The number of carbonyl (C=O) groups excluding carboxylic acids is 1. The summed E-state index contributed by atoms with van der Waals surface area (Å²) in [5.41, 5.74) is 1.03. The zero-order valence-corrected chi connectivity index (χ0v) is 11.5. The lowest BCUT2D eigenvalue weighted by Gasteiger charge is -2.35. The van der Waals surface area contributed by atoms with E-state index in [4.69, 9.17) is 4.74 Å². The van der Waals surface area contributed by atoms with Gasteiger partial charge in [-0.1, -0.05) is 43.7 Å². The van der Waals surface area contributed by atoms with Gasteiger partial charge in [-0.25, -0.2) is 4.79 Å². The van der Waals surface area contributed by atoms with Crippen LogP contribution < -0.4 is 5.32 Å². The molecule has 0 bridgehead atoms. The summed E-state index contributed by atoms with van der Waals surface area (Å²) in [4.78, 5) is 14.0. The Morgan fingerprint density at radius 1 is 1.42 bits per heavy atom. The van der Waals surface area contributed by atoms with Gasteiger partial charge >= 0.3 is 6.09 Å². The third-order valence-electron chi connectivity index (χ3n) is 3.41. The number of ether oxygens (including phenoxy) is 1. The van der Waals surface area contributed by atoms with Gasteiger partial charge in [0.2, 0.25) is 0 Å². The van der Waals surface area contributed by atoms with E-state index >= 15 is 0 Å². The Labute approximate surface area is 114 Å². The van der Waals surface area contributed by atoms with Crippen molar-refractivity contribution in [1.82, 2.24) is 10.2 Å². The number of nitrogens with zero attached hydrogens (tertiary/aromatic N) is 1. The van der Waals surface area contributed by atoms with Crippen molar-refractivity contribution in [3.63, 3.8) is 0 Å². The zero-order valence-electron chi connectivity index (χ0n) is 11.5. The normalized spacial score (nSPS) is 19.2. The highest BCUT2D eigenvalue weighted by molar-refractivity contribution is 5.68. The average Bonchev–Trinajstić information content (AvgIpc) is 2.47. The molecule has 0 radical (unpaired) electrons. The van der Waals surface area contributed by atoms with Gasteiger partial charge in [-0.15, -0.1) is 0 Å². The first-order chi connectivity index (χ1) is 9.31. The summed E-state index contributed by atoms with van der Waals surface area (Å²) < 4.78 is 5.40.